The maximum atomic E-state index is 13.3. The molecule has 0 bridgehead atoms. The van der Waals surface area contributed by atoms with E-state index in [-0.39, 0.29) is 17.7 Å². The number of carbonyl (C=O) groups excluding carboxylic acids is 1. The van der Waals surface area contributed by atoms with Crippen LogP contribution in [0.25, 0.3) is 6.08 Å². The van der Waals surface area contributed by atoms with Crippen molar-refractivity contribution >= 4 is 40.8 Å². The van der Waals surface area contributed by atoms with Crippen molar-refractivity contribution in [2.45, 2.75) is 13.0 Å². The summed E-state index contributed by atoms with van der Waals surface area (Å²) in [5, 5.41) is 11.1. The first-order chi connectivity index (χ1) is 21.1. The van der Waals surface area contributed by atoms with E-state index in [1.165, 1.54) is 4.90 Å². The van der Waals surface area contributed by atoms with Gasteiger partial charge in [0.25, 0.3) is 5.91 Å². The van der Waals surface area contributed by atoms with Crippen LogP contribution in [0, 0.1) is 0 Å². The van der Waals surface area contributed by atoms with Gasteiger partial charge in [0, 0.05) is 29.2 Å². The predicted molar refractivity (Wildman–Crippen MR) is 172 cm³/mol. The highest BCUT2D eigenvalue weighted by molar-refractivity contribution is 6.11. The molecule has 1 unspecified atom stereocenters. The molecule has 0 radical (unpaired) electrons. The number of nitrogens with zero attached hydrogens (tertiary/aromatic N) is 3. The Hall–Kier alpha value is -5.46. The van der Waals surface area contributed by atoms with Crippen LogP contribution in [0.5, 0.6) is 0 Å². The van der Waals surface area contributed by atoms with Gasteiger partial charge in [-0.1, -0.05) is 97.1 Å². The van der Waals surface area contributed by atoms with Gasteiger partial charge in [0.2, 0.25) is 0 Å². The second kappa shape index (κ2) is 12.6. The molecule has 0 saturated carbocycles. The SMILES string of the molecule is CCN1C(=O)/C(=C\c2ccc(N(c3ccccc3)c3ccccc3)cc2)OC1=Nc1ccccc1C(O)c1ccccc1. The summed E-state index contributed by atoms with van der Waals surface area (Å²) < 4.78 is 6.04. The normalized spacial score (nSPS) is 15.5. The molecule has 0 spiro atoms. The first-order valence-electron chi connectivity index (χ1n) is 14.2. The van der Waals surface area contributed by atoms with Gasteiger partial charge in [-0.05, 0) is 66.6 Å². The Labute approximate surface area is 251 Å². The van der Waals surface area contributed by atoms with Crippen molar-refractivity contribution in [2.24, 2.45) is 4.99 Å². The van der Waals surface area contributed by atoms with E-state index >= 15 is 0 Å². The van der Waals surface area contributed by atoms with Crippen molar-refractivity contribution in [3.05, 3.63) is 162 Å². The minimum absolute atomic E-state index is 0.183. The Bertz CT molecular complexity index is 1710. The molecule has 1 saturated heterocycles. The van der Waals surface area contributed by atoms with Gasteiger partial charge in [-0.2, -0.15) is 4.99 Å². The number of hydrogen-bond acceptors (Lipinski definition) is 5. The van der Waals surface area contributed by atoms with E-state index in [0.717, 1.165) is 28.2 Å². The highest BCUT2D eigenvalue weighted by Gasteiger charge is 2.34. The molecule has 1 heterocycles. The van der Waals surface area contributed by atoms with Gasteiger partial charge in [-0.15, -0.1) is 0 Å². The van der Waals surface area contributed by atoms with Crippen LogP contribution >= 0.6 is 0 Å². The zero-order valence-corrected chi connectivity index (χ0v) is 23.7. The third kappa shape index (κ3) is 5.96. The lowest BCUT2D eigenvalue weighted by Crippen LogP contribution is -2.29. The van der Waals surface area contributed by atoms with E-state index in [4.69, 9.17) is 9.73 Å². The number of carbonyl (C=O) groups is 1. The smallest absolute Gasteiger partial charge is 0.305 e. The molecular weight excluding hydrogens is 534 g/mol. The lowest BCUT2D eigenvalue weighted by Gasteiger charge is -2.25. The lowest BCUT2D eigenvalue weighted by molar-refractivity contribution is -0.122. The van der Waals surface area contributed by atoms with E-state index < -0.39 is 6.10 Å². The molecule has 1 atom stereocenters. The summed E-state index contributed by atoms with van der Waals surface area (Å²) in [6, 6.07) is 45.3. The molecule has 212 valence electrons. The van der Waals surface area contributed by atoms with E-state index in [1.807, 2.05) is 122 Å². The highest BCUT2D eigenvalue weighted by Crippen LogP contribution is 2.35. The standard InChI is InChI=1S/C37H31N3O3/c1-2-39-36(42)34(43-37(39)38-33-21-13-12-20-32(33)35(41)28-14-6-3-7-15-28)26-27-22-24-31(25-23-27)40(29-16-8-4-9-17-29)30-18-10-5-11-19-30/h3-26,35,41H,2H2,1H3/b34-26+,38-37?. The quantitative estimate of drug-likeness (QED) is 0.193. The molecule has 43 heavy (non-hydrogen) atoms. The average Bonchev–Trinajstić information content (AvgIpc) is 3.36. The molecular formula is C37H31N3O3. The van der Waals surface area contributed by atoms with E-state index in [2.05, 4.69) is 29.2 Å². The van der Waals surface area contributed by atoms with Gasteiger partial charge in [0.15, 0.2) is 5.76 Å². The second-order valence-corrected chi connectivity index (χ2v) is 10.0. The molecule has 1 N–H and O–H groups in total. The number of para-hydroxylation sites is 3. The van der Waals surface area contributed by atoms with Crippen molar-refractivity contribution < 1.29 is 14.6 Å². The molecule has 0 aromatic heterocycles. The fraction of sp³-hybridized carbons (Fsp3) is 0.0811. The maximum Gasteiger partial charge on any atom is 0.305 e. The number of amides is 1. The molecule has 1 aliphatic rings. The number of aliphatic hydroxyl groups excluding tert-OH is 1. The number of aliphatic imine (C=N–C) groups is 1. The van der Waals surface area contributed by atoms with E-state index in [0.29, 0.717) is 17.8 Å². The number of ether oxygens (including phenoxy) is 1. The van der Waals surface area contributed by atoms with Gasteiger partial charge in [-0.25, -0.2) is 0 Å². The molecule has 5 aromatic carbocycles. The van der Waals surface area contributed by atoms with Gasteiger partial charge < -0.3 is 14.7 Å². The van der Waals surface area contributed by atoms with Crippen molar-refractivity contribution in [1.29, 1.82) is 0 Å². The number of aliphatic hydroxyl groups is 1. The van der Waals surface area contributed by atoms with Gasteiger partial charge in [-0.3, -0.25) is 9.69 Å². The summed E-state index contributed by atoms with van der Waals surface area (Å²) in [6.45, 7) is 2.27. The molecule has 6 nitrogen and oxygen atoms in total. The Morgan fingerprint density at radius 2 is 1.28 bits per heavy atom. The predicted octanol–water partition coefficient (Wildman–Crippen LogP) is 8.15. The van der Waals surface area contributed by atoms with Crippen LogP contribution in [0.2, 0.25) is 0 Å². The van der Waals surface area contributed by atoms with Crippen molar-refractivity contribution in [2.75, 3.05) is 11.4 Å². The van der Waals surface area contributed by atoms with Crippen molar-refractivity contribution in [3.63, 3.8) is 0 Å². The molecule has 5 aromatic rings. The Kier molecular flexibility index (Phi) is 8.11. The number of likely N-dealkylation sites (N-methyl/N-ethyl adjacent to an activating group) is 1. The Morgan fingerprint density at radius 3 is 1.88 bits per heavy atom. The number of amidine groups is 1. The van der Waals surface area contributed by atoms with Crippen molar-refractivity contribution in [1.82, 2.24) is 4.90 Å². The summed E-state index contributed by atoms with van der Waals surface area (Å²) >= 11 is 0. The summed E-state index contributed by atoms with van der Waals surface area (Å²) in [6.07, 6.45) is 0.867. The third-order valence-electron chi connectivity index (χ3n) is 7.24. The van der Waals surface area contributed by atoms with Crippen LogP contribution in [0.3, 0.4) is 0 Å². The second-order valence-electron chi connectivity index (χ2n) is 10.0. The van der Waals surface area contributed by atoms with Crippen LogP contribution in [-0.2, 0) is 9.53 Å². The van der Waals surface area contributed by atoms with E-state index in [9.17, 15) is 9.90 Å². The zero-order valence-electron chi connectivity index (χ0n) is 23.7. The van der Waals surface area contributed by atoms with Crippen molar-refractivity contribution in [3.8, 4) is 0 Å². The van der Waals surface area contributed by atoms with Crippen LogP contribution in [0.1, 0.15) is 29.7 Å². The van der Waals surface area contributed by atoms with Gasteiger partial charge in [0.05, 0.1) is 5.69 Å². The number of rotatable bonds is 8. The van der Waals surface area contributed by atoms with Gasteiger partial charge in [0.1, 0.15) is 6.10 Å². The monoisotopic (exact) mass is 565 g/mol. The maximum absolute atomic E-state index is 13.3. The number of benzene rings is 5. The van der Waals surface area contributed by atoms with Crippen LogP contribution < -0.4 is 4.90 Å². The van der Waals surface area contributed by atoms with Crippen LogP contribution in [0.4, 0.5) is 22.7 Å². The molecule has 1 aliphatic heterocycles. The fourth-order valence-corrected chi connectivity index (χ4v) is 5.08. The largest absolute Gasteiger partial charge is 0.419 e. The Morgan fingerprint density at radius 1 is 0.744 bits per heavy atom. The molecule has 0 aliphatic carbocycles. The molecule has 1 amide bonds. The fourth-order valence-electron chi connectivity index (χ4n) is 5.08. The molecule has 6 rings (SSSR count). The number of hydrogen-bond donors (Lipinski definition) is 1. The molecule has 6 heteroatoms. The van der Waals surface area contributed by atoms with E-state index in [1.54, 1.807) is 6.08 Å². The average molecular weight is 566 g/mol. The number of anilines is 3. The minimum atomic E-state index is -0.867. The zero-order chi connectivity index (χ0) is 29.6. The first-order valence-corrected chi connectivity index (χ1v) is 14.2. The molecule has 1 fully saturated rings. The summed E-state index contributed by atoms with van der Waals surface area (Å²) in [5.41, 5.74) is 5.83. The third-order valence-corrected chi connectivity index (χ3v) is 7.24. The highest BCUT2D eigenvalue weighted by atomic mass is 16.5. The minimum Gasteiger partial charge on any atom is -0.419 e. The van der Waals surface area contributed by atoms with Crippen LogP contribution in [-0.4, -0.2) is 28.5 Å². The topological polar surface area (TPSA) is 65.4 Å². The van der Waals surface area contributed by atoms with Crippen LogP contribution in [0.15, 0.2) is 150 Å². The summed E-state index contributed by atoms with van der Waals surface area (Å²) in [5.74, 6) is -0.0703. The lowest BCUT2D eigenvalue weighted by atomic mass is 10.0. The Balaban J connectivity index is 1.28. The summed E-state index contributed by atoms with van der Waals surface area (Å²) in [4.78, 5) is 21.7. The first kappa shape index (κ1) is 27.7. The van der Waals surface area contributed by atoms with Gasteiger partial charge >= 0.3 is 6.02 Å². The summed E-state index contributed by atoms with van der Waals surface area (Å²) in [7, 11) is 0.